The first-order valence-corrected chi connectivity index (χ1v) is 7.81. The van der Waals surface area contributed by atoms with Crippen molar-refractivity contribution in [1.82, 2.24) is 4.90 Å². The van der Waals surface area contributed by atoms with Crippen LogP contribution in [0.5, 0.6) is 0 Å². The molecule has 1 aromatic rings. The van der Waals surface area contributed by atoms with Crippen LogP contribution in [0.1, 0.15) is 20.8 Å². The third-order valence-electron chi connectivity index (χ3n) is 4.85. The van der Waals surface area contributed by atoms with E-state index >= 15 is 0 Å². The summed E-state index contributed by atoms with van der Waals surface area (Å²) < 4.78 is 0. The second-order valence-corrected chi connectivity index (χ2v) is 6.60. The molecule has 4 heteroatoms. The highest BCUT2D eigenvalue weighted by atomic mass is 35.5. The topological polar surface area (TPSA) is 32.5 Å². The smallest absolute Gasteiger partial charge is 0.0407 e. The molecule has 0 bridgehead atoms. The molecule has 0 spiro atoms. The van der Waals surface area contributed by atoms with Crippen LogP contribution in [-0.2, 0) is 0 Å². The first-order chi connectivity index (χ1) is 9.47. The molecule has 1 aromatic carbocycles. The second kappa shape index (κ2) is 6.33. The molecule has 112 valence electrons. The molecule has 1 aliphatic heterocycles. The minimum Gasteiger partial charge on any atom is -0.369 e. The van der Waals surface area contributed by atoms with Crippen LogP contribution >= 0.6 is 11.6 Å². The fraction of sp³-hybridized carbons (Fsp3) is 0.625. The van der Waals surface area contributed by atoms with Crippen LogP contribution in [0.4, 0.5) is 5.69 Å². The summed E-state index contributed by atoms with van der Waals surface area (Å²) in [5.74, 6) is 0.564. The summed E-state index contributed by atoms with van der Waals surface area (Å²) in [6.07, 6.45) is 0. The van der Waals surface area contributed by atoms with Crippen LogP contribution in [0, 0.1) is 5.92 Å². The van der Waals surface area contributed by atoms with Crippen molar-refractivity contribution in [1.29, 1.82) is 0 Å². The molecule has 1 aliphatic rings. The monoisotopic (exact) mass is 295 g/mol. The van der Waals surface area contributed by atoms with Gasteiger partial charge in [0.05, 0.1) is 0 Å². The van der Waals surface area contributed by atoms with E-state index < -0.39 is 0 Å². The summed E-state index contributed by atoms with van der Waals surface area (Å²) in [7, 11) is 0. The lowest BCUT2D eigenvalue weighted by atomic mass is 9.86. The lowest BCUT2D eigenvalue weighted by molar-refractivity contribution is 0.0616. The largest absolute Gasteiger partial charge is 0.369 e. The van der Waals surface area contributed by atoms with E-state index in [0.717, 1.165) is 31.2 Å². The van der Waals surface area contributed by atoms with Crippen LogP contribution in [0.2, 0.25) is 5.02 Å². The van der Waals surface area contributed by atoms with Gasteiger partial charge in [0.1, 0.15) is 0 Å². The highest BCUT2D eigenvalue weighted by molar-refractivity contribution is 6.30. The summed E-state index contributed by atoms with van der Waals surface area (Å²) >= 11 is 5.95. The number of nitrogens with zero attached hydrogens (tertiary/aromatic N) is 2. The lowest BCUT2D eigenvalue weighted by Gasteiger charge is -2.48. The predicted octanol–water partition coefficient (Wildman–Crippen LogP) is 2.84. The Morgan fingerprint density at radius 3 is 2.15 bits per heavy atom. The van der Waals surface area contributed by atoms with Crippen LogP contribution in [0.15, 0.2) is 24.3 Å². The van der Waals surface area contributed by atoms with Gasteiger partial charge in [0, 0.05) is 49.0 Å². The minimum absolute atomic E-state index is 0.103. The molecule has 0 aliphatic carbocycles. The van der Waals surface area contributed by atoms with Crippen LogP contribution in [-0.4, -0.2) is 43.2 Å². The molecule has 1 unspecified atom stereocenters. The summed E-state index contributed by atoms with van der Waals surface area (Å²) in [4.78, 5) is 4.97. The van der Waals surface area contributed by atoms with Crippen LogP contribution in [0.25, 0.3) is 0 Å². The third kappa shape index (κ3) is 3.11. The van der Waals surface area contributed by atoms with E-state index in [4.69, 9.17) is 17.3 Å². The molecule has 1 atom stereocenters. The zero-order chi connectivity index (χ0) is 14.8. The van der Waals surface area contributed by atoms with E-state index in [1.165, 1.54) is 5.69 Å². The fourth-order valence-electron chi connectivity index (χ4n) is 2.86. The fourth-order valence-corrected chi connectivity index (χ4v) is 2.98. The molecule has 2 rings (SSSR count). The van der Waals surface area contributed by atoms with Gasteiger partial charge in [-0.15, -0.1) is 0 Å². The van der Waals surface area contributed by atoms with Gasteiger partial charge >= 0.3 is 0 Å². The van der Waals surface area contributed by atoms with Crippen molar-refractivity contribution in [3.8, 4) is 0 Å². The lowest BCUT2D eigenvalue weighted by Crippen LogP contribution is -2.61. The Morgan fingerprint density at radius 2 is 1.70 bits per heavy atom. The Kier molecular flexibility index (Phi) is 4.95. The molecular formula is C16H26ClN3. The average Bonchev–Trinajstić information content (AvgIpc) is 2.47. The van der Waals surface area contributed by atoms with Crippen molar-refractivity contribution in [2.45, 2.75) is 26.3 Å². The molecule has 0 radical (unpaired) electrons. The van der Waals surface area contributed by atoms with Crippen molar-refractivity contribution in [3.63, 3.8) is 0 Å². The van der Waals surface area contributed by atoms with E-state index in [2.05, 4.69) is 42.7 Å². The number of hydrogen-bond acceptors (Lipinski definition) is 3. The summed E-state index contributed by atoms with van der Waals surface area (Å²) in [5, 5.41) is 0.794. The Morgan fingerprint density at radius 1 is 1.15 bits per heavy atom. The number of halogens is 1. The molecule has 1 fully saturated rings. The summed E-state index contributed by atoms with van der Waals surface area (Å²) in [6.45, 7) is 11.7. The van der Waals surface area contributed by atoms with E-state index in [9.17, 15) is 0 Å². The molecule has 1 saturated heterocycles. The standard InChI is InChI=1S/C16H26ClN3/c1-13(2)16(3,12-18)20-10-8-19(9-11-20)15-6-4-14(17)5-7-15/h4-7,13H,8-12,18H2,1-3H3. The van der Waals surface area contributed by atoms with Gasteiger partial charge in [0.25, 0.3) is 0 Å². The van der Waals surface area contributed by atoms with Gasteiger partial charge in [0.2, 0.25) is 0 Å². The number of hydrogen-bond donors (Lipinski definition) is 1. The van der Waals surface area contributed by atoms with Gasteiger partial charge in [-0.1, -0.05) is 25.4 Å². The minimum atomic E-state index is 0.103. The Bertz CT molecular complexity index is 424. The highest BCUT2D eigenvalue weighted by Crippen LogP contribution is 2.26. The van der Waals surface area contributed by atoms with Gasteiger partial charge in [-0.25, -0.2) is 0 Å². The Balaban J connectivity index is 2.00. The van der Waals surface area contributed by atoms with Crippen LogP contribution in [0.3, 0.4) is 0 Å². The van der Waals surface area contributed by atoms with Crippen molar-refractivity contribution in [2.24, 2.45) is 11.7 Å². The maximum atomic E-state index is 6.03. The molecule has 20 heavy (non-hydrogen) atoms. The summed E-state index contributed by atoms with van der Waals surface area (Å²) in [5.41, 5.74) is 7.39. The number of nitrogens with two attached hydrogens (primary N) is 1. The molecule has 0 aromatic heterocycles. The van der Waals surface area contributed by atoms with E-state index in [1.54, 1.807) is 0 Å². The number of anilines is 1. The van der Waals surface area contributed by atoms with Crippen LogP contribution < -0.4 is 10.6 Å². The number of rotatable bonds is 4. The molecule has 2 N–H and O–H groups in total. The average molecular weight is 296 g/mol. The summed E-state index contributed by atoms with van der Waals surface area (Å²) in [6, 6.07) is 8.12. The molecule has 0 amide bonds. The second-order valence-electron chi connectivity index (χ2n) is 6.17. The maximum absolute atomic E-state index is 6.03. The van der Waals surface area contributed by atoms with Gasteiger partial charge in [0.15, 0.2) is 0 Å². The zero-order valence-electron chi connectivity index (χ0n) is 12.8. The van der Waals surface area contributed by atoms with Gasteiger partial charge in [-0.05, 0) is 37.1 Å². The molecule has 1 heterocycles. The first kappa shape index (κ1) is 15.6. The van der Waals surface area contributed by atoms with Gasteiger partial charge in [-0.3, -0.25) is 4.90 Å². The van der Waals surface area contributed by atoms with E-state index in [1.807, 2.05) is 12.1 Å². The molecule has 3 nitrogen and oxygen atoms in total. The Hall–Kier alpha value is -0.770. The quantitative estimate of drug-likeness (QED) is 0.927. The van der Waals surface area contributed by atoms with E-state index in [0.29, 0.717) is 12.5 Å². The van der Waals surface area contributed by atoms with E-state index in [-0.39, 0.29) is 5.54 Å². The first-order valence-electron chi connectivity index (χ1n) is 7.43. The SMILES string of the molecule is CC(C)C(C)(CN)N1CCN(c2ccc(Cl)cc2)CC1. The highest BCUT2D eigenvalue weighted by Gasteiger charge is 2.35. The van der Waals surface area contributed by atoms with Crippen molar-refractivity contribution < 1.29 is 0 Å². The van der Waals surface area contributed by atoms with Gasteiger partial charge in [-0.2, -0.15) is 0 Å². The molecular weight excluding hydrogens is 270 g/mol. The third-order valence-corrected chi connectivity index (χ3v) is 5.10. The van der Waals surface area contributed by atoms with Gasteiger partial charge < -0.3 is 10.6 Å². The predicted molar refractivity (Wildman–Crippen MR) is 87.5 cm³/mol. The number of benzene rings is 1. The van der Waals surface area contributed by atoms with Crippen molar-refractivity contribution in [2.75, 3.05) is 37.6 Å². The Labute approximate surface area is 127 Å². The molecule has 0 saturated carbocycles. The normalized spacial score (nSPS) is 20.2. The van der Waals surface area contributed by atoms with Crippen molar-refractivity contribution in [3.05, 3.63) is 29.3 Å². The van der Waals surface area contributed by atoms with Crippen molar-refractivity contribution >= 4 is 17.3 Å². The zero-order valence-corrected chi connectivity index (χ0v) is 13.5. The maximum Gasteiger partial charge on any atom is 0.0407 e. The number of piperazine rings is 1.